The third-order valence-corrected chi connectivity index (χ3v) is 5.89. The molecular weight excluding hydrogens is 407 g/mol. The third kappa shape index (κ3) is 6.83. The molecule has 0 spiro atoms. The van der Waals surface area contributed by atoms with E-state index in [1.54, 1.807) is 0 Å². The van der Waals surface area contributed by atoms with Gasteiger partial charge in [-0.25, -0.2) is 0 Å². The molecule has 0 aromatic carbocycles. The molecule has 0 aromatic heterocycles. The van der Waals surface area contributed by atoms with E-state index in [1.807, 2.05) is 7.05 Å². The lowest BCUT2D eigenvalue weighted by Gasteiger charge is -2.34. The zero-order valence-corrected chi connectivity index (χ0v) is 17.4. The van der Waals surface area contributed by atoms with Crippen LogP contribution in [0.1, 0.15) is 39.0 Å². The molecule has 2 aliphatic heterocycles. The molecule has 0 aliphatic carbocycles. The minimum absolute atomic E-state index is 0. The predicted octanol–water partition coefficient (Wildman–Crippen LogP) is 2.88. The summed E-state index contributed by atoms with van der Waals surface area (Å²) in [6.45, 7) is 9.29. The Morgan fingerprint density at radius 2 is 1.91 bits per heavy atom. The molecular formula is C16H33IN4S. The number of likely N-dealkylation sites (tertiary alicyclic amines) is 1. The Morgan fingerprint density at radius 1 is 1.18 bits per heavy atom. The van der Waals surface area contributed by atoms with Crippen molar-refractivity contribution >= 4 is 41.7 Å². The normalized spacial score (nSPS) is 24.5. The van der Waals surface area contributed by atoms with Crippen LogP contribution in [0.25, 0.3) is 0 Å². The summed E-state index contributed by atoms with van der Waals surface area (Å²) in [4.78, 5) is 9.53. The predicted molar refractivity (Wildman–Crippen MR) is 110 cm³/mol. The minimum atomic E-state index is 0. The number of guanidine groups is 1. The summed E-state index contributed by atoms with van der Waals surface area (Å²) in [5, 5.41) is 4.34. The lowest BCUT2D eigenvalue weighted by molar-refractivity contribution is 0.287. The zero-order chi connectivity index (χ0) is 14.9. The van der Waals surface area contributed by atoms with Crippen LogP contribution in [0.2, 0.25) is 0 Å². The Bertz CT molecular complexity index is 319. The van der Waals surface area contributed by atoms with Gasteiger partial charge in [0.25, 0.3) is 0 Å². The van der Waals surface area contributed by atoms with E-state index < -0.39 is 0 Å². The van der Waals surface area contributed by atoms with E-state index >= 15 is 0 Å². The van der Waals surface area contributed by atoms with Crippen LogP contribution in [0.15, 0.2) is 4.99 Å². The van der Waals surface area contributed by atoms with Crippen LogP contribution in [0.3, 0.4) is 0 Å². The van der Waals surface area contributed by atoms with Crippen LogP contribution in [-0.2, 0) is 0 Å². The first-order chi connectivity index (χ1) is 10.3. The number of nitrogens with zero attached hydrogens (tertiary/aromatic N) is 3. The van der Waals surface area contributed by atoms with Gasteiger partial charge >= 0.3 is 0 Å². The number of thioether (sulfide) groups is 1. The van der Waals surface area contributed by atoms with Gasteiger partial charge in [0.05, 0.1) is 0 Å². The van der Waals surface area contributed by atoms with E-state index in [2.05, 4.69) is 38.8 Å². The van der Waals surface area contributed by atoms with Crippen molar-refractivity contribution in [2.24, 2.45) is 4.99 Å². The fraction of sp³-hybridized carbons (Fsp3) is 0.938. The van der Waals surface area contributed by atoms with E-state index in [4.69, 9.17) is 0 Å². The van der Waals surface area contributed by atoms with Gasteiger partial charge in [-0.05, 0) is 32.4 Å². The van der Waals surface area contributed by atoms with Gasteiger partial charge in [-0.2, -0.15) is 11.8 Å². The molecule has 2 aliphatic rings. The Hall–Kier alpha value is 0.310. The average Bonchev–Trinajstić information content (AvgIpc) is 2.80. The fourth-order valence-electron chi connectivity index (χ4n) is 3.18. The van der Waals surface area contributed by atoms with Gasteiger partial charge in [0.15, 0.2) is 5.96 Å². The molecule has 2 heterocycles. The van der Waals surface area contributed by atoms with Gasteiger partial charge in [-0.3, -0.25) is 4.99 Å². The Morgan fingerprint density at radius 3 is 2.55 bits per heavy atom. The lowest BCUT2D eigenvalue weighted by atomic mass is 10.2. The number of rotatable bonds is 4. The first-order valence-corrected chi connectivity index (χ1v) is 9.68. The maximum atomic E-state index is 4.49. The number of hydrogen-bond donors (Lipinski definition) is 1. The molecule has 6 heteroatoms. The van der Waals surface area contributed by atoms with Crippen molar-refractivity contribution in [3.63, 3.8) is 0 Å². The quantitative estimate of drug-likeness (QED) is 0.414. The largest absolute Gasteiger partial charge is 0.355 e. The second-order valence-electron chi connectivity index (χ2n) is 6.08. The van der Waals surface area contributed by atoms with E-state index in [0.29, 0.717) is 0 Å². The average molecular weight is 440 g/mol. The molecule has 1 N–H and O–H groups in total. The monoisotopic (exact) mass is 440 g/mol. The second kappa shape index (κ2) is 11.8. The highest BCUT2D eigenvalue weighted by Gasteiger charge is 2.21. The van der Waals surface area contributed by atoms with Crippen LogP contribution in [0, 0.1) is 0 Å². The highest BCUT2D eigenvalue weighted by atomic mass is 127. The van der Waals surface area contributed by atoms with Gasteiger partial charge in [0, 0.05) is 44.2 Å². The van der Waals surface area contributed by atoms with Crippen molar-refractivity contribution in [2.75, 3.05) is 52.1 Å². The number of nitrogens with one attached hydrogen (secondary N) is 1. The topological polar surface area (TPSA) is 30.9 Å². The molecule has 0 saturated carbocycles. The molecule has 130 valence electrons. The van der Waals surface area contributed by atoms with Crippen molar-refractivity contribution in [1.29, 1.82) is 0 Å². The van der Waals surface area contributed by atoms with Crippen molar-refractivity contribution < 1.29 is 0 Å². The number of halogens is 1. The summed E-state index contributed by atoms with van der Waals surface area (Å²) in [6, 6.07) is 0. The fourth-order valence-corrected chi connectivity index (χ4v) is 4.36. The van der Waals surface area contributed by atoms with Crippen molar-refractivity contribution in [2.45, 2.75) is 44.3 Å². The van der Waals surface area contributed by atoms with Gasteiger partial charge in [0.2, 0.25) is 0 Å². The molecule has 0 radical (unpaired) electrons. The van der Waals surface area contributed by atoms with Crippen molar-refractivity contribution in [3.8, 4) is 0 Å². The molecule has 22 heavy (non-hydrogen) atoms. The van der Waals surface area contributed by atoms with Crippen molar-refractivity contribution in [1.82, 2.24) is 15.1 Å². The molecule has 2 rings (SSSR count). The maximum absolute atomic E-state index is 4.49. The van der Waals surface area contributed by atoms with Gasteiger partial charge in [-0.1, -0.05) is 19.8 Å². The van der Waals surface area contributed by atoms with Gasteiger partial charge < -0.3 is 15.1 Å². The van der Waals surface area contributed by atoms with Gasteiger partial charge in [0.1, 0.15) is 0 Å². The zero-order valence-electron chi connectivity index (χ0n) is 14.2. The summed E-state index contributed by atoms with van der Waals surface area (Å²) < 4.78 is 0. The van der Waals surface area contributed by atoms with E-state index in [0.717, 1.165) is 37.4 Å². The Labute approximate surface area is 157 Å². The Balaban J connectivity index is 0.00000242. The van der Waals surface area contributed by atoms with E-state index in [1.165, 1.54) is 50.9 Å². The molecule has 2 saturated heterocycles. The SMILES string of the molecule is CCC1CN(C(=NC)NCCN2CCCCCC2)CCS1.I. The molecule has 1 atom stereocenters. The standard InChI is InChI=1S/C16H32N4S.HI/c1-3-15-14-20(12-13-21-15)16(17-2)18-8-11-19-9-6-4-5-7-10-19;/h15H,3-14H2,1-2H3,(H,17,18);1H. The molecule has 2 fully saturated rings. The Kier molecular flexibility index (Phi) is 10.9. The number of hydrogen-bond acceptors (Lipinski definition) is 3. The highest BCUT2D eigenvalue weighted by molar-refractivity contribution is 14.0. The summed E-state index contributed by atoms with van der Waals surface area (Å²) in [7, 11) is 1.91. The summed E-state index contributed by atoms with van der Waals surface area (Å²) in [6.07, 6.45) is 6.82. The summed E-state index contributed by atoms with van der Waals surface area (Å²) in [5.74, 6) is 2.33. The molecule has 0 aromatic rings. The van der Waals surface area contributed by atoms with E-state index in [-0.39, 0.29) is 24.0 Å². The van der Waals surface area contributed by atoms with Gasteiger partial charge in [-0.15, -0.1) is 24.0 Å². The summed E-state index contributed by atoms with van der Waals surface area (Å²) in [5.41, 5.74) is 0. The molecule has 0 bridgehead atoms. The van der Waals surface area contributed by atoms with Crippen LogP contribution in [-0.4, -0.2) is 73.1 Å². The van der Waals surface area contributed by atoms with Crippen molar-refractivity contribution in [3.05, 3.63) is 0 Å². The molecule has 1 unspecified atom stereocenters. The third-order valence-electron chi connectivity index (χ3n) is 4.52. The smallest absolute Gasteiger partial charge is 0.193 e. The first kappa shape index (κ1) is 20.4. The lowest BCUT2D eigenvalue weighted by Crippen LogP contribution is -2.49. The molecule has 4 nitrogen and oxygen atoms in total. The second-order valence-corrected chi connectivity index (χ2v) is 7.49. The molecule has 0 amide bonds. The van der Waals surface area contributed by atoms with Crippen LogP contribution in [0.4, 0.5) is 0 Å². The maximum Gasteiger partial charge on any atom is 0.193 e. The summed E-state index contributed by atoms with van der Waals surface area (Å²) >= 11 is 2.11. The van der Waals surface area contributed by atoms with E-state index in [9.17, 15) is 0 Å². The van der Waals surface area contributed by atoms with Crippen LogP contribution < -0.4 is 5.32 Å². The number of aliphatic imine (C=N–C) groups is 1. The first-order valence-electron chi connectivity index (χ1n) is 8.63. The van der Waals surface area contributed by atoms with Crippen LogP contribution >= 0.6 is 35.7 Å². The minimum Gasteiger partial charge on any atom is -0.355 e. The highest BCUT2D eigenvalue weighted by Crippen LogP contribution is 2.20. The van der Waals surface area contributed by atoms with Crippen LogP contribution in [0.5, 0.6) is 0 Å².